The van der Waals surface area contributed by atoms with E-state index in [1.807, 2.05) is 36.4 Å². The van der Waals surface area contributed by atoms with Gasteiger partial charge in [0.2, 0.25) is 0 Å². The molecule has 0 radical (unpaired) electrons. The first-order valence-corrected chi connectivity index (χ1v) is 7.77. The normalized spacial score (nSPS) is 12.1. The minimum absolute atomic E-state index is 0.328. The molecule has 0 N–H and O–H groups in total. The van der Waals surface area contributed by atoms with Crippen molar-refractivity contribution in [3.05, 3.63) is 56.1 Å². The molecule has 0 saturated carbocycles. The Kier molecular flexibility index (Phi) is 5.41. The van der Waals surface area contributed by atoms with Gasteiger partial charge in [0, 0.05) is 15.2 Å². The maximum atomic E-state index is 6.55. The van der Waals surface area contributed by atoms with Gasteiger partial charge in [-0.1, -0.05) is 17.7 Å². The molecule has 0 aliphatic rings. The lowest BCUT2D eigenvalue weighted by Crippen LogP contribution is -1.98. The molecule has 1 unspecified atom stereocenters. The summed E-state index contributed by atoms with van der Waals surface area (Å²) >= 11 is 14.9. The summed E-state index contributed by atoms with van der Waals surface area (Å²) < 4.78 is 11.6. The van der Waals surface area contributed by atoms with Gasteiger partial charge in [-0.25, -0.2) is 0 Å². The summed E-state index contributed by atoms with van der Waals surface area (Å²) in [6, 6.07) is 11.4. The van der Waals surface area contributed by atoms with Gasteiger partial charge in [0.15, 0.2) is 0 Å². The molecule has 1 atom stereocenters. The Morgan fingerprint density at radius 2 is 1.80 bits per heavy atom. The number of halogens is 3. The topological polar surface area (TPSA) is 18.5 Å². The summed E-state index contributed by atoms with van der Waals surface area (Å²) in [5, 5.41) is 0.367. The molecule has 0 amide bonds. The number of alkyl halides is 1. The van der Waals surface area contributed by atoms with E-state index in [2.05, 4.69) is 22.6 Å². The van der Waals surface area contributed by atoms with E-state index in [1.165, 1.54) is 0 Å². The van der Waals surface area contributed by atoms with Gasteiger partial charge in [0.25, 0.3) is 0 Å². The molecule has 5 heteroatoms. The number of hydrogen-bond acceptors (Lipinski definition) is 2. The van der Waals surface area contributed by atoms with E-state index >= 15 is 0 Å². The molecule has 106 valence electrons. The molecule has 0 saturated heterocycles. The maximum absolute atomic E-state index is 6.55. The van der Waals surface area contributed by atoms with E-state index in [1.54, 1.807) is 14.2 Å². The Balaban J connectivity index is 2.41. The van der Waals surface area contributed by atoms with Crippen LogP contribution in [0.15, 0.2) is 36.4 Å². The molecule has 0 fully saturated rings. The van der Waals surface area contributed by atoms with Gasteiger partial charge in [-0.05, 0) is 52.4 Å². The summed E-state index contributed by atoms with van der Waals surface area (Å²) in [6.07, 6.45) is 0. The molecule has 0 heterocycles. The van der Waals surface area contributed by atoms with Crippen LogP contribution >= 0.6 is 45.8 Å². The highest BCUT2D eigenvalue weighted by Crippen LogP contribution is 2.38. The van der Waals surface area contributed by atoms with Crippen LogP contribution < -0.4 is 9.47 Å². The molecular formula is C15H13Cl2IO2. The van der Waals surface area contributed by atoms with Crippen molar-refractivity contribution in [1.82, 2.24) is 0 Å². The smallest absolute Gasteiger partial charge is 0.127 e. The van der Waals surface area contributed by atoms with Gasteiger partial charge in [-0.15, -0.1) is 11.6 Å². The van der Waals surface area contributed by atoms with Crippen LogP contribution in [0.25, 0.3) is 0 Å². The van der Waals surface area contributed by atoms with Crippen LogP contribution in [0.3, 0.4) is 0 Å². The molecule has 2 nitrogen and oxygen atoms in total. The molecule has 0 aliphatic heterocycles. The molecule has 2 aromatic carbocycles. The Hall–Kier alpha value is -0.650. The van der Waals surface area contributed by atoms with Gasteiger partial charge in [-0.2, -0.15) is 0 Å². The Morgan fingerprint density at radius 1 is 1.05 bits per heavy atom. The lowest BCUT2D eigenvalue weighted by molar-refractivity contribution is 0.391. The van der Waals surface area contributed by atoms with Gasteiger partial charge < -0.3 is 9.47 Å². The first-order chi connectivity index (χ1) is 9.56. The summed E-state index contributed by atoms with van der Waals surface area (Å²) in [5.41, 5.74) is 1.81. The zero-order valence-electron chi connectivity index (χ0n) is 11.0. The SMILES string of the molecule is COc1ccc(C(Cl)c2ccc(I)c(Cl)c2)c(OC)c1. The monoisotopic (exact) mass is 422 g/mol. The molecule has 0 aliphatic carbocycles. The van der Waals surface area contributed by atoms with Crippen molar-refractivity contribution in [2.24, 2.45) is 0 Å². The van der Waals surface area contributed by atoms with Crippen LogP contribution in [0.5, 0.6) is 11.5 Å². The third-order valence-corrected chi connectivity index (χ3v) is 5.01. The average Bonchev–Trinajstić information content (AvgIpc) is 2.48. The van der Waals surface area contributed by atoms with Crippen LogP contribution in [0, 0.1) is 3.57 Å². The number of benzene rings is 2. The first kappa shape index (κ1) is 15.7. The second kappa shape index (κ2) is 6.87. The third kappa shape index (κ3) is 3.32. The first-order valence-electron chi connectivity index (χ1n) is 5.87. The summed E-state index contributed by atoms with van der Waals surface area (Å²) in [4.78, 5) is 0. The van der Waals surface area contributed by atoms with Crippen LogP contribution in [0.1, 0.15) is 16.5 Å². The minimum atomic E-state index is -0.328. The highest BCUT2D eigenvalue weighted by Gasteiger charge is 2.17. The number of methoxy groups -OCH3 is 2. The van der Waals surface area contributed by atoms with Crippen molar-refractivity contribution in [1.29, 1.82) is 0 Å². The largest absolute Gasteiger partial charge is 0.497 e. The fraction of sp³-hybridized carbons (Fsp3) is 0.200. The molecule has 2 rings (SSSR count). The number of ether oxygens (including phenoxy) is 2. The molecular weight excluding hydrogens is 410 g/mol. The third-order valence-electron chi connectivity index (χ3n) is 2.95. The summed E-state index contributed by atoms with van der Waals surface area (Å²) in [5.74, 6) is 1.43. The Morgan fingerprint density at radius 3 is 2.40 bits per heavy atom. The van der Waals surface area contributed by atoms with E-state index in [-0.39, 0.29) is 5.38 Å². The molecule has 0 spiro atoms. The predicted molar refractivity (Wildman–Crippen MR) is 91.4 cm³/mol. The molecule has 0 aromatic heterocycles. The van der Waals surface area contributed by atoms with Gasteiger partial charge >= 0.3 is 0 Å². The highest BCUT2D eigenvalue weighted by atomic mass is 127. The van der Waals surface area contributed by atoms with Crippen molar-refractivity contribution >= 4 is 45.8 Å². The zero-order valence-corrected chi connectivity index (χ0v) is 14.7. The van der Waals surface area contributed by atoms with Crippen molar-refractivity contribution in [3.8, 4) is 11.5 Å². The lowest BCUT2D eigenvalue weighted by Gasteiger charge is -2.16. The van der Waals surface area contributed by atoms with Gasteiger partial charge in [0.05, 0.1) is 24.6 Å². The highest BCUT2D eigenvalue weighted by molar-refractivity contribution is 14.1. The van der Waals surface area contributed by atoms with Crippen LogP contribution in [-0.2, 0) is 0 Å². The molecule has 0 bridgehead atoms. The van der Waals surface area contributed by atoms with Gasteiger partial charge in [0.1, 0.15) is 11.5 Å². The standard InChI is InChI=1S/C15H13Cl2IO2/c1-19-10-4-5-11(14(8-10)20-2)15(17)9-3-6-13(18)12(16)7-9/h3-8,15H,1-2H3. The molecule has 2 aromatic rings. The van der Waals surface area contributed by atoms with E-state index in [0.29, 0.717) is 10.8 Å². The van der Waals surface area contributed by atoms with Crippen LogP contribution in [0.2, 0.25) is 5.02 Å². The zero-order chi connectivity index (χ0) is 14.7. The molecule has 20 heavy (non-hydrogen) atoms. The quantitative estimate of drug-likeness (QED) is 0.492. The van der Waals surface area contributed by atoms with Gasteiger partial charge in [-0.3, -0.25) is 0 Å². The van der Waals surface area contributed by atoms with Crippen LogP contribution in [0.4, 0.5) is 0 Å². The second-order valence-electron chi connectivity index (χ2n) is 4.14. The van der Waals surface area contributed by atoms with Crippen LogP contribution in [-0.4, -0.2) is 14.2 Å². The Bertz CT molecular complexity index is 617. The average molecular weight is 423 g/mol. The van der Waals surface area contributed by atoms with E-state index in [0.717, 1.165) is 20.4 Å². The summed E-state index contributed by atoms with van der Waals surface area (Å²) in [6.45, 7) is 0. The second-order valence-corrected chi connectivity index (χ2v) is 6.15. The van der Waals surface area contributed by atoms with E-state index in [4.69, 9.17) is 32.7 Å². The van der Waals surface area contributed by atoms with Crippen molar-refractivity contribution in [2.45, 2.75) is 5.38 Å². The van der Waals surface area contributed by atoms with E-state index < -0.39 is 0 Å². The maximum Gasteiger partial charge on any atom is 0.127 e. The summed E-state index contributed by atoms with van der Waals surface area (Å²) in [7, 11) is 3.23. The minimum Gasteiger partial charge on any atom is -0.497 e. The predicted octanol–water partition coefficient (Wildman–Crippen LogP) is 5.29. The number of hydrogen-bond donors (Lipinski definition) is 0. The van der Waals surface area contributed by atoms with E-state index in [9.17, 15) is 0 Å². The van der Waals surface area contributed by atoms with Crippen molar-refractivity contribution < 1.29 is 9.47 Å². The lowest BCUT2D eigenvalue weighted by atomic mass is 10.0. The fourth-order valence-corrected chi connectivity index (χ4v) is 2.72. The fourth-order valence-electron chi connectivity index (χ4n) is 1.88. The van der Waals surface area contributed by atoms with Crippen molar-refractivity contribution in [2.75, 3.05) is 14.2 Å². The van der Waals surface area contributed by atoms with Crippen molar-refractivity contribution in [3.63, 3.8) is 0 Å². The number of rotatable bonds is 4. The Labute approximate surface area is 142 Å².